The lowest BCUT2D eigenvalue weighted by Crippen LogP contribution is -2.48. The van der Waals surface area contributed by atoms with Crippen LogP contribution in [0.5, 0.6) is 0 Å². The Labute approximate surface area is 136 Å². The fourth-order valence-corrected chi connectivity index (χ4v) is 2.60. The molecule has 1 saturated heterocycles. The minimum absolute atomic E-state index is 0.259. The summed E-state index contributed by atoms with van der Waals surface area (Å²) in [6, 6.07) is 6.60. The standard InChI is InChI=1S/C16H17F3N4O/c1-10-4-2-3-5-13(10)23-14(16(17,18)19)12(9-22-23)15(24)21-8-11-6-20-7-11/h2-5,9,11,20H,6-8H2,1H3,(H,21,24). The van der Waals surface area contributed by atoms with Gasteiger partial charge in [-0.3, -0.25) is 4.79 Å². The van der Waals surface area contributed by atoms with E-state index >= 15 is 0 Å². The molecule has 24 heavy (non-hydrogen) atoms. The maximum Gasteiger partial charge on any atom is 0.434 e. The molecule has 2 N–H and O–H groups in total. The van der Waals surface area contributed by atoms with Crippen molar-refractivity contribution in [3.05, 3.63) is 47.3 Å². The van der Waals surface area contributed by atoms with Crippen LogP contribution in [0.4, 0.5) is 13.2 Å². The Bertz CT molecular complexity index is 750. The predicted octanol–water partition coefficient (Wildman–Crippen LogP) is 2.15. The van der Waals surface area contributed by atoms with Crippen LogP contribution in [0.2, 0.25) is 0 Å². The van der Waals surface area contributed by atoms with Crippen molar-refractivity contribution in [3.63, 3.8) is 0 Å². The third-order valence-corrected chi connectivity index (χ3v) is 4.04. The summed E-state index contributed by atoms with van der Waals surface area (Å²) in [6.45, 7) is 3.56. The van der Waals surface area contributed by atoms with Gasteiger partial charge >= 0.3 is 6.18 Å². The second kappa shape index (κ2) is 6.27. The van der Waals surface area contributed by atoms with E-state index in [1.54, 1.807) is 31.2 Å². The van der Waals surface area contributed by atoms with Crippen molar-refractivity contribution in [2.24, 2.45) is 5.92 Å². The second-order valence-electron chi connectivity index (χ2n) is 5.84. The van der Waals surface area contributed by atoms with Crippen LogP contribution >= 0.6 is 0 Å². The molecule has 5 nitrogen and oxygen atoms in total. The van der Waals surface area contributed by atoms with Crippen LogP contribution in [0.1, 0.15) is 21.6 Å². The number of benzene rings is 1. The SMILES string of the molecule is Cc1ccccc1-n1ncc(C(=O)NCC2CNC2)c1C(F)(F)F. The van der Waals surface area contributed by atoms with Crippen molar-refractivity contribution >= 4 is 5.91 Å². The maximum absolute atomic E-state index is 13.5. The molecule has 3 rings (SSSR count). The lowest BCUT2D eigenvalue weighted by atomic mass is 10.0. The number of nitrogens with zero attached hydrogens (tertiary/aromatic N) is 2. The summed E-state index contributed by atoms with van der Waals surface area (Å²) in [6.07, 6.45) is -3.72. The van der Waals surface area contributed by atoms with Crippen LogP contribution in [0.15, 0.2) is 30.5 Å². The van der Waals surface area contributed by atoms with Crippen LogP contribution in [0.3, 0.4) is 0 Å². The van der Waals surface area contributed by atoms with Gasteiger partial charge in [-0.25, -0.2) is 4.68 Å². The maximum atomic E-state index is 13.5. The van der Waals surface area contributed by atoms with Crippen LogP contribution in [0, 0.1) is 12.8 Å². The number of hydrogen-bond donors (Lipinski definition) is 2. The quantitative estimate of drug-likeness (QED) is 0.898. The van der Waals surface area contributed by atoms with Crippen LogP contribution in [0.25, 0.3) is 5.69 Å². The Morgan fingerprint density at radius 2 is 2.08 bits per heavy atom. The summed E-state index contributed by atoms with van der Waals surface area (Å²) in [5, 5.41) is 9.42. The molecule has 0 bridgehead atoms. The van der Waals surface area contributed by atoms with Gasteiger partial charge in [0.15, 0.2) is 5.69 Å². The number of aromatic nitrogens is 2. The van der Waals surface area contributed by atoms with Gasteiger partial charge in [-0.15, -0.1) is 0 Å². The summed E-state index contributed by atoms with van der Waals surface area (Å²) in [5.74, 6) is -0.497. The first-order valence-electron chi connectivity index (χ1n) is 7.58. The highest BCUT2D eigenvalue weighted by Crippen LogP contribution is 2.34. The van der Waals surface area contributed by atoms with E-state index < -0.39 is 23.3 Å². The number of aryl methyl sites for hydroxylation is 1. The number of halogens is 3. The minimum atomic E-state index is -4.69. The zero-order valence-electron chi connectivity index (χ0n) is 13.0. The lowest BCUT2D eigenvalue weighted by Gasteiger charge is -2.27. The van der Waals surface area contributed by atoms with Crippen LogP contribution in [-0.2, 0) is 6.18 Å². The molecular weight excluding hydrogens is 321 g/mol. The van der Waals surface area contributed by atoms with Crippen LogP contribution in [-0.4, -0.2) is 35.3 Å². The fraction of sp³-hybridized carbons (Fsp3) is 0.375. The van der Waals surface area contributed by atoms with Gasteiger partial charge in [0.2, 0.25) is 0 Å². The van der Waals surface area contributed by atoms with Crippen LogP contribution < -0.4 is 10.6 Å². The molecule has 0 spiro atoms. The van der Waals surface area contributed by atoms with Gasteiger partial charge in [-0.05, 0) is 18.6 Å². The van der Waals surface area contributed by atoms with Crippen molar-refractivity contribution in [3.8, 4) is 5.69 Å². The molecule has 2 aromatic rings. The Kier molecular flexibility index (Phi) is 4.31. The zero-order valence-corrected chi connectivity index (χ0v) is 13.0. The van der Waals surface area contributed by atoms with Gasteiger partial charge in [0.25, 0.3) is 5.91 Å². The third kappa shape index (κ3) is 3.14. The molecule has 0 saturated carbocycles. The normalized spacial score (nSPS) is 15.2. The van der Waals surface area contributed by atoms with E-state index in [0.29, 0.717) is 17.8 Å². The molecule has 1 aliphatic rings. The van der Waals surface area contributed by atoms with Crippen molar-refractivity contribution in [1.29, 1.82) is 0 Å². The van der Waals surface area contributed by atoms with Gasteiger partial charge < -0.3 is 10.6 Å². The summed E-state index contributed by atoms with van der Waals surface area (Å²) in [4.78, 5) is 12.2. The van der Waals surface area contributed by atoms with Crippen molar-refractivity contribution in [2.45, 2.75) is 13.1 Å². The molecule has 0 atom stereocenters. The Balaban J connectivity index is 1.95. The van der Waals surface area contributed by atoms with Gasteiger partial charge in [-0.2, -0.15) is 18.3 Å². The van der Waals surface area contributed by atoms with E-state index in [-0.39, 0.29) is 5.92 Å². The van der Waals surface area contributed by atoms with Crippen molar-refractivity contribution < 1.29 is 18.0 Å². The lowest BCUT2D eigenvalue weighted by molar-refractivity contribution is -0.143. The Morgan fingerprint density at radius 3 is 2.67 bits per heavy atom. The Morgan fingerprint density at radius 1 is 1.38 bits per heavy atom. The molecule has 1 aromatic carbocycles. The highest BCUT2D eigenvalue weighted by Gasteiger charge is 2.40. The van der Waals surface area contributed by atoms with E-state index in [2.05, 4.69) is 15.7 Å². The van der Waals surface area contributed by atoms with Gasteiger partial charge in [-0.1, -0.05) is 18.2 Å². The highest BCUT2D eigenvalue weighted by molar-refractivity contribution is 5.95. The molecule has 8 heteroatoms. The number of carbonyl (C=O) groups excluding carboxylic acids is 1. The number of nitrogens with one attached hydrogen (secondary N) is 2. The van der Waals surface area contributed by atoms with E-state index in [4.69, 9.17) is 0 Å². The minimum Gasteiger partial charge on any atom is -0.352 e. The number of hydrogen-bond acceptors (Lipinski definition) is 3. The molecule has 1 fully saturated rings. The largest absolute Gasteiger partial charge is 0.434 e. The van der Waals surface area contributed by atoms with Gasteiger partial charge in [0.05, 0.1) is 17.4 Å². The molecule has 128 valence electrons. The molecule has 2 heterocycles. The number of alkyl halides is 3. The molecule has 1 amide bonds. The first kappa shape index (κ1) is 16.5. The first-order chi connectivity index (χ1) is 11.4. The average Bonchev–Trinajstić information content (AvgIpc) is 2.90. The number of amides is 1. The molecule has 0 unspecified atom stereocenters. The van der Waals surface area contributed by atoms with Gasteiger partial charge in [0.1, 0.15) is 0 Å². The van der Waals surface area contributed by atoms with E-state index in [0.717, 1.165) is 24.0 Å². The average molecular weight is 338 g/mol. The monoisotopic (exact) mass is 338 g/mol. The summed E-state index contributed by atoms with van der Waals surface area (Å²) in [5.41, 5.74) is -0.579. The molecule has 1 aromatic heterocycles. The van der Waals surface area contributed by atoms with E-state index in [9.17, 15) is 18.0 Å². The third-order valence-electron chi connectivity index (χ3n) is 4.04. The zero-order chi connectivity index (χ0) is 17.3. The molecule has 0 aliphatic carbocycles. The fourth-order valence-electron chi connectivity index (χ4n) is 2.60. The smallest absolute Gasteiger partial charge is 0.352 e. The topological polar surface area (TPSA) is 59.0 Å². The first-order valence-corrected chi connectivity index (χ1v) is 7.58. The Hall–Kier alpha value is -2.35. The van der Waals surface area contributed by atoms with Gasteiger partial charge in [0, 0.05) is 25.6 Å². The molecule has 0 radical (unpaired) electrons. The second-order valence-corrected chi connectivity index (χ2v) is 5.84. The predicted molar refractivity (Wildman–Crippen MR) is 82.0 cm³/mol. The number of carbonyl (C=O) groups is 1. The van der Waals surface area contributed by atoms with Crippen molar-refractivity contribution in [1.82, 2.24) is 20.4 Å². The summed E-state index contributed by atoms with van der Waals surface area (Å²) < 4.78 is 41.4. The molecule has 1 aliphatic heterocycles. The molecular formula is C16H17F3N4O. The van der Waals surface area contributed by atoms with E-state index in [1.807, 2.05) is 0 Å². The highest BCUT2D eigenvalue weighted by atomic mass is 19.4. The van der Waals surface area contributed by atoms with E-state index in [1.165, 1.54) is 0 Å². The number of para-hydroxylation sites is 1. The summed E-state index contributed by atoms with van der Waals surface area (Å²) >= 11 is 0. The number of rotatable bonds is 4. The van der Waals surface area contributed by atoms with Crippen molar-refractivity contribution in [2.75, 3.05) is 19.6 Å². The summed E-state index contributed by atoms with van der Waals surface area (Å²) in [7, 11) is 0.